The van der Waals surface area contributed by atoms with Crippen molar-refractivity contribution >= 4 is 6.21 Å². The normalized spacial score (nSPS) is 10.9. The number of hydrazone groups is 1. The monoisotopic (exact) mass is 206 g/mol. The van der Waals surface area contributed by atoms with Gasteiger partial charge in [-0.3, -0.25) is 0 Å². The molecule has 0 radical (unpaired) electrons. The lowest BCUT2D eigenvalue weighted by Gasteiger charge is -2.07. The van der Waals surface area contributed by atoms with Crippen molar-refractivity contribution in [2.45, 2.75) is 20.3 Å². The van der Waals surface area contributed by atoms with Gasteiger partial charge in [0.05, 0.1) is 0 Å². The number of aryl methyl sites for hydroxylation is 2. The fourth-order valence-electron chi connectivity index (χ4n) is 1.38. The van der Waals surface area contributed by atoms with Gasteiger partial charge in [0.2, 0.25) is 0 Å². The Morgan fingerprint density at radius 1 is 1.27 bits per heavy atom. The predicted octanol–water partition coefficient (Wildman–Crippen LogP) is 2.10. The molecule has 0 unspecified atom stereocenters. The maximum Gasteiger partial charge on any atom is 0.118 e. The maximum atomic E-state index is 9.50. The van der Waals surface area contributed by atoms with Crippen LogP contribution in [0.1, 0.15) is 16.7 Å². The Labute approximate surface area is 91.0 Å². The third kappa shape index (κ3) is 3.27. The highest BCUT2D eigenvalue weighted by Gasteiger charge is 2.01. The second-order valence-corrected chi connectivity index (χ2v) is 3.91. The molecule has 3 heteroatoms. The molecule has 1 aromatic carbocycles. The molecular weight excluding hydrogens is 188 g/mol. The summed E-state index contributed by atoms with van der Waals surface area (Å²) in [5.74, 6) is 0.362. The molecule has 0 aromatic heterocycles. The van der Waals surface area contributed by atoms with Gasteiger partial charge in [-0.05, 0) is 36.6 Å². The van der Waals surface area contributed by atoms with E-state index < -0.39 is 0 Å². The lowest BCUT2D eigenvalue weighted by molar-refractivity contribution is 0.439. The molecule has 1 rings (SSSR count). The Hall–Kier alpha value is -1.51. The van der Waals surface area contributed by atoms with Gasteiger partial charge in [0.15, 0.2) is 0 Å². The van der Waals surface area contributed by atoms with Crippen molar-refractivity contribution in [2.75, 3.05) is 14.1 Å². The van der Waals surface area contributed by atoms with Gasteiger partial charge >= 0.3 is 0 Å². The van der Waals surface area contributed by atoms with E-state index in [2.05, 4.69) is 5.10 Å². The molecule has 1 aromatic rings. The summed E-state index contributed by atoms with van der Waals surface area (Å²) in [5.41, 5.74) is 3.22. The maximum absolute atomic E-state index is 9.50. The van der Waals surface area contributed by atoms with E-state index in [0.717, 1.165) is 17.5 Å². The second-order valence-electron chi connectivity index (χ2n) is 3.91. The van der Waals surface area contributed by atoms with Crippen molar-refractivity contribution in [3.8, 4) is 5.75 Å². The first-order valence-electron chi connectivity index (χ1n) is 4.99. The molecule has 0 saturated heterocycles. The first-order valence-corrected chi connectivity index (χ1v) is 4.99. The van der Waals surface area contributed by atoms with Crippen LogP contribution in [0.5, 0.6) is 5.75 Å². The number of aromatic hydroxyl groups is 1. The largest absolute Gasteiger partial charge is 0.508 e. The number of phenolic OH excluding ortho intramolecular Hbond substituents is 1. The van der Waals surface area contributed by atoms with E-state index in [-0.39, 0.29) is 0 Å². The fraction of sp³-hybridized carbons (Fsp3) is 0.417. The molecule has 0 fully saturated rings. The Bertz CT molecular complexity index is 370. The van der Waals surface area contributed by atoms with Gasteiger partial charge in [0.1, 0.15) is 5.75 Å². The molecule has 0 bridgehead atoms. The molecule has 1 N–H and O–H groups in total. The quantitative estimate of drug-likeness (QED) is 0.607. The number of phenols is 1. The van der Waals surface area contributed by atoms with Gasteiger partial charge in [-0.25, -0.2) is 0 Å². The molecule has 3 nitrogen and oxygen atoms in total. The van der Waals surface area contributed by atoms with Crippen LogP contribution in [-0.4, -0.2) is 30.4 Å². The van der Waals surface area contributed by atoms with Gasteiger partial charge in [-0.15, -0.1) is 0 Å². The zero-order chi connectivity index (χ0) is 11.4. The van der Waals surface area contributed by atoms with Gasteiger partial charge in [-0.2, -0.15) is 5.10 Å². The topological polar surface area (TPSA) is 35.8 Å². The minimum atomic E-state index is 0.362. The minimum absolute atomic E-state index is 0.362. The van der Waals surface area contributed by atoms with Crippen molar-refractivity contribution in [2.24, 2.45) is 5.10 Å². The molecule has 0 aliphatic rings. The zero-order valence-corrected chi connectivity index (χ0v) is 9.78. The third-order valence-electron chi connectivity index (χ3n) is 2.28. The molecule has 0 spiro atoms. The van der Waals surface area contributed by atoms with Crippen molar-refractivity contribution in [1.29, 1.82) is 0 Å². The molecule has 0 aliphatic carbocycles. The highest BCUT2D eigenvalue weighted by molar-refractivity contribution is 5.62. The van der Waals surface area contributed by atoms with E-state index >= 15 is 0 Å². The summed E-state index contributed by atoms with van der Waals surface area (Å²) in [6.07, 6.45) is 2.67. The van der Waals surface area contributed by atoms with Crippen LogP contribution in [0.15, 0.2) is 17.2 Å². The van der Waals surface area contributed by atoms with Gasteiger partial charge in [-0.1, -0.05) is 6.07 Å². The number of hydrogen-bond acceptors (Lipinski definition) is 3. The summed E-state index contributed by atoms with van der Waals surface area (Å²) in [4.78, 5) is 0. The van der Waals surface area contributed by atoms with E-state index in [9.17, 15) is 5.11 Å². The van der Waals surface area contributed by atoms with Gasteiger partial charge in [0, 0.05) is 26.7 Å². The average molecular weight is 206 g/mol. The SMILES string of the molecule is Cc1cc(C/C=N/N(C)C)c(C)cc1O. The summed E-state index contributed by atoms with van der Waals surface area (Å²) in [5, 5.41) is 15.4. The molecule has 0 aliphatic heterocycles. The van der Waals surface area contributed by atoms with Crippen LogP contribution in [0.25, 0.3) is 0 Å². The van der Waals surface area contributed by atoms with Gasteiger partial charge in [0.25, 0.3) is 0 Å². The van der Waals surface area contributed by atoms with Crippen molar-refractivity contribution in [3.05, 3.63) is 28.8 Å². The zero-order valence-electron chi connectivity index (χ0n) is 9.78. The van der Waals surface area contributed by atoms with Gasteiger partial charge < -0.3 is 10.1 Å². The van der Waals surface area contributed by atoms with E-state index in [1.165, 1.54) is 5.56 Å². The Balaban J connectivity index is 2.82. The number of nitrogens with zero attached hydrogens (tertiary/aromatic N) is 2. The number of benzene rings is 1. The van der Waals surface area contributed by atoms with Crippen molar-refractivity contribution in [1.82, 2.24) is 5.01 Å². The van der Waals surface area contributed by atoms with E-state index in [1.807, 2.05) is 40.2 Å². The van der Waals surface area contributed by atoms with Crippen LogP contribution in [0.2, 0.25) is 0 Å². The summed E-state index contributed by atoms with van der Waals surface area (Å²) < 4.78 is 0. The molecular formula is C12H18N2O. The van der Waals surface area contributed by atoms with Crippen LogP contribution < -0.4 is 0 Å². The summed E-state index contributed by atoms with van der Waals surface area (Å²) in [6, 6.07) is 3.81. The fourth-order valence-corrected chi connectivity index (χ4v) is 1.38. The summed E-state index contributed by atoms with van der Waals surface area (Å²) >= 11 is 0. The Morgan fingerprint density at radius 2 is 1.93 bits per heavy atom. The summed E-state index contributed by atoms with van der Waals surface area (Å²) in [7, 11) is 3.79. The molecule has 82 valence electrons. The Morgan fingerprint density at radius 3 is 2.53 bits per heavy atom. The first-order chi connectivity index (χ1) is 7.00. The van der Waals surface area contributed by atoms with E-state index in [1.54, 1.807) is 11.1 Å². The van der Waals surface area contributed by atoms with Crippen LogP contribution in [-0.2, 0) is 6.42 Å². The van der Waals surface area contributed by atoms with Crippen molar-refractivity contribution < 1.29 is 5.11 Å². The van der Waals surface area contributed by atoms with Crippen LogP contribution >= 0.6 is 0 Å². The molecule has 15 heavy (non-hydrogen) atoms. The van der Waals surface area contributed by atoms with Crippen LogP contribution in [0, 0.1) is 13.8 Å². The van der Waals surface area contributed by atoms with E-state index in [0.29, 0.717) is 5.75 Å². The van der Waals surface area contributed by atoms with Crippen LogP contribution in [0.3, 0.4) is 0 Å². The highest BCUT2D eigenvalue weighted by atomic mass is 16.3. The standard InChI is InChI=1S/C12H18N2O/c1-9-8-12(15)10(2)7-11(9)5-6-13-14(3)4/h6-8,15H,5H2,1-4H3/b13-6+. The Kier molecular flexibility index (Phi) is 3.72. The lowest BCUT2D eigenvalue weighted by Crippen LogP contribution is -2.03. The molecule has 0 heterocycles. The minimum Gasteiger partial charge on any atom is -0.508 e. The first kappa shape index (κ1) is 11.6. The van der Waals surface area contributed by atoms with Crippen molar-refractivity contribution in [3.63, 3.8) is 0 Å². The number of hydrogen-bond donors (Lipinski definition) is 1. The average Bonchev–Trinajstić information content (AvgIpc) is 2.13. The molecule has 0 atom stereocenters. The van der Waals surface area contributed by atoms with Crippen LogP contribution in [0.4, 0.5) is 0 Å². The lowest BCUT2D eigenvalue weighted by atomic mass is 10.0. The predicted molar refractivity (Wildman–Crippen MR) is 63.5 cm³/mol. The number of rotatable bonds is 3. The highest BCUT2D eigenvalue weighted by Crippen LogP contribution is 2.21. The summed E-state index contributed by atoms with van der Waals surface area (Å²) in [6.45, 7) is 3.90. The molecule has 0 saturated carbocycles. The second kappa shape index (κ2) is 4.82. The third-order valence-corrected chi connectivity index (χ3v) is 2.28. The van der Waals surface area contributed by atoms with E-state index in [4.69, 9.17) is 0 Å². The molecule has 0 amide bonds. The smallest absolute Gasteiger partial charge is 0.118 e.